The molecule has 0 spiro atoms. The fourth-order valence-electron chi connectivity index (χ4n) is 2.50. The van der Waals surface area contributed by atoms with Gasteiger partial charge in [0, 0.05) is 0 Å². The van der Waals surface area contributed by atoms with E-state index in [1.807, 2.05) is 62.4 Å². The molecule has 0 radical (unpaired) electrons. The third-order valence-electron chi connectivity index (χ3n) is 3.73. The van der Waals surface area contributed by atoms with Crippen LogP contribution in [0.15, 0.2) is 48.5 Å². The molecule has 2 aromatic rings. The van der Waals surface area contributed by atoms with Gasteiger partial charge >= 0.3 is 0 Å². The maximum absolute atomic E-state index is 12.1. The van der Waals surface area contributed by atoms with Crippen LogP contribution in [0.1, 0.15) is 25.0 Å². The SMILES string of the molecule is COc1ccc(C(SC(=O)S)(SC(=S)OC(C)C)c2ccc(OC)cc2)cc1. The quantitative estimate of drug-likeness (QED) is 0.307. The molecular weight excluding hydrogens is 432 g/mol. The van der Waals surface area contributed by atoms with E-state index in [-0.39, 0.29) is 10.6 Å². The minimum atomic E-state index is -0.872. The van der Waals surface area contributed by atoms with Crippen LogP contribution in [0.2, 0.25) is 0 Å². The molecule has 28 heavy (non-hydrogen) atoms. The fourth-order valence-corrected chi connectivity index (χ4v) is 6.18. The number of methoxy groups -OCH3 is 2. The number of thiol groups is 1. The van der Waals surface area contributed by atoms with Crippen LogP contribution >= 0.6 is 48.4 Å². The van der Waals surface area contributed by atoms with Crippen LogP contribution in [-0.4, -0.2) is 29.2 Å². The van der Waals surface area contributed by atoms with Gasteiger partial charge in [-0.25, -0.2) is 0 Å². The van der Waals surface area contributed by atoms with Crippen molar-refractivity contribution in [2.24, 2.45) is 0 Å². The summed E-state index contributed by atoms with van der Waals surface area (Å²) in [6.45, 7) is 3.82. The Morgan fingerprint density at radius 1 is 0.929 bits per heavy atom. The molecule has 0 aliphatic carbocycles. The number of hydrogen-bond donors (Lipinski definition) is 1. The maximum atomic E-state index is 12.1. The molecule has 0 bridgehead atoms. The first-order valence-electron chi connectivity index (χ1n) is 8.41. The molecule has 0 aliphatic rings. The van der Waals surface area contributed by atoms with E-state index < -0.39 is 4.08 Å². The van der Waals surface area contributed by atoms with Crippen molar-refractivity contribution in [3.63, 3.8) is 0 Å². The summed E-state index contributed by atoms with van der Waals surface area (Å²) in [5.74, 6) is 1.45. The average molecular weight is 455 g/mol. The first-order chi connectivity index (χ1) is 13.3. The van der Waals surface area contributed by atoms with Crippen molar-refractivity contribution >= 4 is 57.2 Å². The minimum absolute atomic E-state index is 0.0684. The molecule has 8 heteroatoms. The van der Waals surface area contributed by atoms with E-state index in [0.29, 0.717) is 4.38 Å². The predicted molar refractivity (Wildman–Crippen MR) is 125 cm³/mol. The van der Waals surface area contributed by atoms with E-state index >= 15 is 0 Å². The van der Waals surface area contributed by atoms with Crippen LogP contribution in [-0.2, 0) is 8.82 Å². The highest BCUT2D eigenvalue weighted by atomic mass is 32.2. The van der Waals surface area contributed by atoms with Crippen LogP contribution < -0.4 is 9.47 Å². The van der Waals surface area contributed by atoms with Crippen LogP contribution in [0.3, 0.4) is 0 Å². The number of thiocarbonyl (C=S) groups is 1. The second kappa shape index (κ2) is 10.4. The highest BCUT2D eigenvalue weighted by Crippen LogP contribution is 2.54. The summed E-state index contributed by atoms with van der Waals surface area (Å²) < 4.78 is 15.4. The number of carbonyl (C=O) groups excluding carboxylic acids is 1. The first kappa shape index (κ1) is 22.9. The van der Waals surface area contributed by atoms with Gasteiger partial charge in [0.1, 0.15) is 15.6 Å². The number of rotatable bonds is 7. The van der Waals surface area contributed by atoms with Crippen molar-refractivity contribution in [3.8, 4) is 11.5 Å². The van der Waals surface area contributed by atoms with Gasteiger partial charge in [-0.2, -0.15) is 0 Å². The summed E-state index contributed by atoms with van der Waals surface area (Å²) in [6, 6.07) is 15.1. The normalized spacial score (nSPS) is 11.2. The van der Waals surface area contributed by atoms with Gasteiger partial charge in [-0.1, -0.05) is 36.9 Å². The van der Waals surface area contributed by atoms with Gasteiger partial charge in [-0.3, -0.25) is 4.79 Å². The third kappa shape index (κ3) is 5.83. The Morgan fingerprint density at radius 3 is 1.68 bits per heavy atom. The molecule has 0 heterocycles. The Balaban J connectivity index is 2.61. The number of hydrogen-bond acceptors (Lipinski definition) is 7. The summed E-state index contributed by atoms with van der Waals surface area (Å²) in [6.07, 6.45) is -0.0684. The summed E-state index contributed by atoms with van der Waals surface area (Å²) in [5, 5.41) is 0. The molecule has 2 aromatic carbocycles. The van der Waals surface area contributed by atoms with Crippen LogP contribution in [0.25, 0.3) is 0 Å². The Hall–Kier alpha value is -1.35. The van der Waals surface area contributed by atoms with Crippen molar-refractivity contribution in [1.29, 1.82) is 0 Å². The molecule has 0 amide bonds. The maximum Gasteiger partial charge on any atom is 0.245 e. The van der Waals surface area contributed by atoms with Gasteiger partial charge < -0.3 is 14.2 Å². The van der Waals surface area contributed by atoms with E-state index in [1.165, 1.54) is 11.8 Å². The molecule has 0 unspecified atom stereocenters. The monoisotopic (exact) mass is 454 g/mol. The Morgan fingerprint density at radius 2 is 1.36 bits per heavy atom. The van der Waals surface area contributed by atoms with E-state index in [4.69, 9.17) is 26.4 Å². The Labute approximate surface area is 185 Å². The molecule has 0 atom stereocenters. The molecule has 0 aromatic heterocycles. The van der Waals surface area contributed by atoms with Crippen molar-refractivity contribution in [2.75, 3.05) is 14.2 Å². The largest absolute Gasteiger partial charge is 0.497 e. The lowest BCUT2D eigenvalue weighted by molar-refractivity contribution is 0.243. The number of carbonyl (C=O) groups is 1. The molecule has 0 saturated carbocycles. The van der Waals surface area contributed by atoms with Crippen molar-refractivity contribution < 1.29 is 19.0 Å². The molecule has 0 saturated heterocycles. The summed E-state index contributed by atoms with van der Waals surface area (Å²) in [4.78, 5) is 12.1. The van der Waals surface area contributed by atoms with Gasteiger partial charge in [-0.15, -0.1) is 0 Å². The second-order valence-corrected chi connectivity index (χ2v) is 9.93. The third-order valence-corrected chi connectivity index (χ3v) is 6.81. The van der Waals surface area contributed by atoms with Crippen molar-refractivity contribution in [2.45, 2.75) is 24.0 Å². The van der Waals surface area contributed by atoms with Gasteiger partial charge in [0.15, 0.2) is 0 Å². The standard InChI is InChI=1S/C20H22O4S4/c1-13(2)24-19(26)28-20(27-18(21)25,14-5-9-16(22-3)10-6-14)15-7-11-17(23-4)12-8-15/h5-13H,1-4H3,(H,21,25). The summed E-state index contributed by atoms with van der Waals surface area (Å²) in [7, 11) is 3.22. The molecular formula is C20H22O4S4. The lowest BCUT2D eigenvalue weighted by Crippen LogP contribution is -2.24. The topological polar surface area (TPSA) is 44.8 Å². The van der Waals surface area contributed by atoms with Gasteiger partial charge in [-0.05, 0) is 85.0 Å². The number of ether oxygens (including phenoxy) is 3. The molecule has 150 valence electrons. The lowest BCUT2D eigenvalue weighted by atomic mass is 10.0. The molecule has 2 rings (SSSR count). The minimum Gasteiger partial charge on any atom is -0.497 e. The molecule has 0 fully saturated rings. The Kier molecular flexibility index (Phi) is 8.55. The van der Waals surface area contributed by atoms with Crippen LogP contribution in [0.4, 0.5) is 4.79 Å². The Bertz CT molecular complexity index is 756. The van der Waals surface area contributed by atoms with Gasteiger partial charge in [0.2, 0.25) is 8.83 Å². The molecule has 0 N–H and O–H groups in total. The smallest absolute Gasteiger partial charge is 0.245 e. The summed E-state index contributed by atoms with van der Waals surface area (Å²) in [5.41, 5.74) is 1.73. The highest BCUT2D eigenvalue weighted by Gasteiger charge is 2.40. The molecule has 4 nitrogen and oxygen atoms in total. The first-order valence-corrected chi connectivity index (χ1v) is 10.9. The zero-order valence-electron chi connectivity index (χ0n) is 16.0. The van der Waals surface area contributed by atoms with Crippen LogP contribution in [0, 0.1) is 0 Å². The van der Waals surface area contributed by atoms with Gasteiger partial charge in [0.25, 0.3) is 0 Å². The van der Waals surface area contributed by atoms with Crippen molar-refractivity contribution in [1.82, 2.24) is 0 Å². The number of benzene rings is 2. The average Bonchev–Trinajstić information content (AvgIpc) is 2.66. The van der Waals surface area contributed by atoms with E-state index in [1.54, 1.807) is 14.2 Å². The molecule has 0 aliphatic heterocycles. The van der Waals surface area contributed by atoms with E-state index in [0.717, 1.165) is 34.4 Å². The highest BCUT2D eigenvalue weighted by molar-refractivity contribution is 8.40. The van der Waals surface area contributed by atoms with Crippen molar-refractivity contribution in [3.05, 3.63) is 59.7 Å². The zero-order chi connectivity index (χ0) is 20.7. The lowest BCUT2D eigenvalue weighted by Gasteiger charge is -2.32. The predicted octanol–water partition coefficient (Wildman–Crippen LogP) is 6.13. The van der Waals surface area contributed by atoms with E-state index in [9.17, 15) is 4.79 Å². The summed E-state index contributed by atoms with van der Waals surface area (Å²) >= 11 is 11.9. The second-order valence-electron chi connectivity index (χ2n) is 5.96. The van der Waals surface area contributed by atoms with Crippen LogP contribution in [0.5, 0.6) is 11.5 Å². The zero-order valence-corrected chi connectivity index (χ0v) is 19.3. The van der Waals surface area contributed by atoms with E-state index in [2.05, 4.69) is 12.6 Å². The number of thioether (sulfide) groups is 2. The fraction of sp³-hybridized carbons (Fsp3) is 0.300. The van der Waals surface area contributed by atoms with Gasteiger partial charge in [0.05, 0.1) is 20.3 Å².